The van der Waals surface area contributed by atoms with Crippen LogP contribution in [0.15, 0.2) is 36.9 Å². The molecule has 0 heterocycles. The molecule has 0 aliphatic rings. The van der Waals surface area contributed by atoms with E-state index in [2.05, 4.69) is 60.4 Å². The molecule has 1 aromatic carbocycles. The Morgan fingerprint density at radius 1 is 1.43 bits per heavy atom. The molecule has 0 radical (unpaired) electrons. The third kappa shape index (κ3) is 3.10. The molecule has 0 aromatic heterocycles. The van der Waals surface area contributed by atoms with Crippen LogP contribution in [0, 0.1) is 8.99 Å². The fourth-order valence-corrected chi connectivity index (χ4v) is 1.66. The smallest absolute Gasteiger partial charge is 0.0130 e. The van der Waals surface area contributed by atoms with Crippen molar-refractivity contribution < 1.29 is 0 Å². The highest BCUT2D eigenvalue weighted by Crippen LogP contribution is 2.22. The monoisotopic (exact) mass is 301 g/mol. The van der Waals surface area contributed by atoms with Crippen LogP contribution in [-0.2, 0) is 6.42 Å². The maximum atomic E-state index is 5.72. The zero-order valence-electron chi connectivity index (χ0n) is 8.46. The molecular formula is C12H16IN. The molecule has 0 fully saturated rings. The summed E-state index contributed by atoms with van der Waals surface area (Å²) in [5.74, 6) is 0. The Balaban J connectivity index is 2.77. The molecule has 0 aliphatic heterocycles. The predicted molar refractivity (Wildman–Crippen MR) is 70.2 cm³/mol. The van der Waals surface area contributed by atoms with Crippen molar-refractivity contribution in [3.8, 4) is 0 Å². The molecule has 1 aromatic rings. The number of hydrogen-bond acceptors (Lipinski definition) is 1. The Labute approximate surface area is 99.5 Å². The van der Waals surface area contributed by atoms with Crippen LogP contribution < -0.4 is 5.73 Å². The first kappa shape index (κ1) is 11.7. The molecule has 0 saturated heterocycles. The lowest BCUT2D eigenvalue weighted by Gasteiger charge is -2.23. The summed E-state index contributed by atoms with van der Waals surface area (Å²) in [7, 11) is 0. The molecule has 2 heteroatoms. The van der Waals surface area contributed by atoms with Gasteiger partial charge in [-0.2, -0.15) is 0 Å². The molecule has 14 heavy (non-hydrogen) atoms. The highest BCUT2D eigenvalue weighted by molar-refractivity contribution is 14.1. The summed E-state index contributed by atoms with van der Waals surface area (Å²) < 4.78 is 1.26. The lowest BCUT2D eigenvalue weighted by Crippen LogP contribution is -2.27. The number of hydrogen-bond donors (Lipinski definition) is 1. The van der Waals surface area contributed by atoms with Crippen molar-refractivity contribution in [1.29, 1.82) is 0 Å². The van der Waals surface area contributed by atoms with Crippen molar-refractivity contribution in [3.05, 3.63) is 46.1 Å². The van der Waals surface area contributed by atoms with E-state index in [-0.39, 0.29) is 5.41 Å². The van der Waals surface area contributed by atoms with Crippen LogP contribution in [0.25, 0.3) is 0 Å². The second kappa shape index (κ2) is 4.94. The normalized spacial score (nSPS) is 14.8. The summed E-state index contributed by atoms with van der Waals surface area (Å²) in [5.41, 5.74) is 7.06. The first-order valence-corrected chi connectivity index (χ1v) is 5.75. The second-order valence-electron chi connectivity index (χ2n) is 3.87. The van der Waals surface area contributed by atoms with Gasteiger partial charge in [-0.1, -0.05) is 25.1 Å². The zero-order chi connectivity index (χ0) is 10.6. The van der Waals surface area contributed by atoms with E-state index in [9.17, 15) is 0 Å². The quantitative estimate of drug-likeness (QED) is 0.671. The van der Waals surface area contributed by atoms with Crippen LogP contribution >= 0.6 is 22.6 Å². The van der Waals surface area contributed by atoms with E-state index in [1.54, 1.807) is 0 Å². The van der Waals surface area contributed by atoms with Crippen LogP contribution in [0.5, 0.6) is 0 Å². The lowest BCUT2D eigenvalue weighted by atomic mass is 9.84. The number of rotatable bonds is 4. The summed E-state index contributed by atoms with van der Waals surface area (Å²) in [6, 6.07) is 8.55. The Bertz CT molecular complexity index is 305. The molecule has 0 spiro atoms. The molecule has 2 N–H and O–H groups in total. The van der Waals surface area contributed by atoms with E-state index in [1.165, 1.54) is 9.13 Å². The maximum absolute atomic E-state index is 5.72. The topological polar surface area (TPSA) is 26.0 Å². The largest absolute Gasteiger partial charge is 0.330 e. The summed E-state index contributed by atoms with van der Waals surface area (Å²) in [6.45, 7) is 6.61. The summed E-state index contributed by atoms with van der Waals surface area (Å²) >= 11 is 2.31. The van der Waals surface area contributed by atoms with Crippen molar-refractivity contribution in [1.82, 2.24) is 0 Å². The second-order valence-corrected chi connectivity index (χ2v) is 5.11. The Morgan fingerprint density at radius 3 is 2.43 bits per heavy atom. The maximum Gasteiger partial charge on any atom is 0.0130 e. The molecule has 1 nitrogen and oxygen atoms in total. The molecule has 0 saturated carbocycles. The molecule has 1 unspecified atom stereocenters. The zero-order valence-corrected chi connectivity index (χ0v) is 10.6. The third-order valence-electron chi connectivity index (χ3n) is 2.48. The lowest BCUT2D eigenvalue weighted by molar-refractivity contribution is 0.439. The summed E-state index contributed by atoms with van der Waals surface area (Å²) in [4.78, 5) is 0. The van der Waals surface area contributed by atoms with Crippen molar-refractivity contribution in [2.75, 3.05) is 6.54 Å². The Morgan fingerprint density at radius 2 is 2.00 bits per heavy atom. The van der Waals surface area contributed by atoms with E-state index >= 15 is 0 Å². The Hall–Kier alpha value is -0.350. The number of nitrogens with two attached hydrogens (primary N) is 1. The molecule has 0 amide bonds. The predicted octanol–water partition coefficient (Wildman–Crippen LogP) is 2.98. The average Bonchev–Trinajstić information content (AvgIpc) is 2.21. The first-order valence-electron chi connectivity index (χ1n) is 4.68. The third-order valence-corrected chi connectivity index (χ3v) is 3.20. The van der Waals surface area contributed by atoms with Crippen LogP contribution in [0.2, 0.25) is 0 Å². The molecular weight excluding hydrogens is 285 g/mol. The van der Waals surface area contributed by atoms with Crippen LogP contribution in [-0.4, -0.2) is 6.54 Å². The summed E-state index contributed by atoms with van der Waals surface area (Å²) in [6.07, 6.45) is 2.91. The van der Waals surface area contributed by atoms with Gasteiger partial charge in [-0.3, -0.25) is 0 Å². The molecule has 1 rings (SSSR count). The van der Waals surface area contributed by atoms with Gasteiger partial charge in [0.2, 0.25) is 0 Å². The van der Waals surface area contributed by atoms with Crippen LogP contribution in [0.3, 0.4) is 0 Å². The fraction of sp³-hybridized carbons (Fsp3) is 0.333. The minimum absolute atomic E-state index is 0.0206. The van der Waals surface area contributed by atoms with Crippen molar-refractivity contribution >= 4 is 22.6 Å². The van der Waals surface area contributed by atoms with Crippen molar-refractivity contribution in [2.45, 2.75) is 13.3 Å². The highest BCUT2D eigenvalue weighted by Gasteiger charge is 2.18. The molecule has 0 bridgehead atoms. The van der Waals surface area contributed by atoms with Gasteiger partial charge in [0.25, 0.3) is 0 Å². The van der Waals surface area contributed by atoms with Gasteiger partial charge in [0.1, 0.15) is 0 Å². The fourth-order valence-electron chi connectivity index (χ4n) is 1.30. The van der Waals surface area contributed by atoms with E-state index in [4.69, 9.17) is 5.73 Å². The van der Waals surface area contributed by atoms with Gasteiger partial charge in [-0.15, -0.1) is 6.58 Å². The molecule has 1 atom stereocenters. The van der Waals surface area contributed by atoms with Gasteiger partial charge >= 0.3 is 0 Å². The van der Waals surface area contributed by atoms with Crippen molar-refractivity contribution in [2.24, 2.45) is 11.1 Å². The Kier molecular flexibility index (Phi) is 4.13. The van der Waals surface area contributed by atoms with Crippen LogP contribution in [0.4, 0.5) is 0 Å². The van der Waals surface area contributed by atoms with E-state index in [0.29, 0.717) is 6.54 Å². The van der Waals surface area contributed by atoms with Gasteiger partial charge in [-0.25, -0.2) is 0 Å². The van der Waals surface area contributed by atoms with Gasteiger partial charge in [-0.05, 0) is 46.7 Å². The molecule has 76 valence electrons. The first-order chi connectivity index (χ1) is 6.59. The van der Waals surface area contributed by atoms with Crippen LogP contribution in [0.1, 0.15) is 12.5 Å². The van der Waals surface area contributed by atoms with E-state index < -0.39 is 0 Å². The average molecular weight is 301 g/mol. The van der Waals surface area contributed by atoms with Gasteiger partial charge in [0.05, 0.1) is 0 Å². The van der Waals surface area contributed by atoms with Gasteiger partial charge in [0, 0.05) is 15.5 Å². The molecule has 0 aliphatic carbocycles. The van der Waals surface area contributed by atoms with Gasteiger partial charge < -0.3 is 5.73 Å². The minimum atomic E-state index is 0.0206. The number of benzene rings is 1. The minimum Gasteiger partial charge on any atom is -0.330 e. The standard InChI is InChI=1S/C12H16IN/c1-3-12(2,9-14)8-10-4-6-11(13)7-5-10/h3-7H,1,8-9,14H2,2H3. The summed E-state index contributed by atoms with van der Waals surface area (Å²) in [5, 5.41) is 0. The highest BCUT2D eigenvalue weighted by atomic mass is 127. The van der Waals surface area contributed by atoms with E-state index in [0.717, 1.165) is 6.42 Å². The SMILES string of the molecule is C=CC(C)(CN)Cc1ccc(I)cc1. The number of halogens is 1. The van der Waals surface area contributed by atoms with E-state index in [1.807, 2.05) is 6.08 Å². The van der Waals surface area contributed by atoms with Crippen molar-refractivity contribution in [3.63, 3.8) is 0 Å². The van der Waals surface area contributed by atoms with Gasteiger partial charge in [0.15, 0.2) is 0 Å².